The van der Waals surface area contributed by atoms with Crippen molar-refractivity contribution < 1.29 is 14.3 Å². The molecule has 0 unspecified atom stereocenters. The molecule has 0 atom stereocenters. The molecule has 5 nitrogen and oxygen atoms in total. The fourth-order valence-electron chi connectivity index (χ4n) is 3.32. The first kappa shape index (κ1) is 15.3. The lowest BCUT2D eigenvalue weighted by Crippen LogP contribution is -2.21. The van der Waals surface area contributed by atoms with Crippen LogP contribution in [0, 0.1) is 18.3 Å². The quantitative estimate of drug-likeness (QED) is 0.788. The van der Waals surface area contributed by atoms with Crippen molar-refractivity contribution in [1.82, 2.24) is 4.57 Å². The summed E-state index contributed by atoms with van der Waals surface area (Å²) in [4.78, 5) is 17.6. The summed E-state index contributed by atoms with van der Waals surface area (Å²) in [6.07, 6.45) is 10.9. The number of thiazole rings is 1. The van der Waals surface area contributed by atoms with Crippen LogP contribution in [0.2, 0.25) is 0 Å². The van der Waals surface area contributed by atoms with E-state index >= 15 is 0 Å². The molecule has 2 aliphatic rings. The standard InChI is InChI=1S/C18H18N2O3S/c1-2-8-20-13-9-14-15(23-11-22-14)10-16(13)24-18(20)19-17(21)12-6-4-3-5-7-12/h1,9-10,12H,3-8,11H2. The molecule has 1 aromatic heterocycles. The number of ether oxygens (including phenoxy) is 2. The van der Waals surface area contributed by atoms with Gasteiger partial charge in [0.1, 0.15) is 0 Å². The van der Waals surface area contributed by atoms with Crippen molar-refractivity contribution in [3.05, 3.63) is 16.9 Å². The van der Waals surface area contributed by atoms with Crippen LogP contribution in [0.4, 0.5) is 0 Å². The highest BCUT2D eigenvalue weighted by atomic mass is 32.1. The molecule has 0 spiro atoms. The molecule has 1 fully saturated rings. The van der Waals surface area contributed by atoms with Crippen molar-refractivity contribution in [2.45, 2.75) is 38.6 Å². The minimum Gasteiger partial charge on any atom is -0.454 e. The van der Waals surface area contributed by atoms with E-state index in [2.05, 4.69) is 10.9 Å². The molecular formula is C18H18N2O3S. The molecule has 4 rings (SSSR count). The molecule has 0 bridgehead atoms. The maximum Gasteiger partial charge on any atom is 0.251 e. The highest BCUT2D eigenvalue weighted by Crippen LogP contribution is 2.37. The van der Waals surface area contributed by atoms with Gasteiger partial charge in [-0.05, 0) is 12.8 Å². The van der Waals surface area contributed by atoms with E-state index in [1.165, 1.54) is 17.8 Å². The molecule has 1 aliphatic heterocycles. The van der Waals surface area contributed by atoms with Gasteiger partial charge in [-0.25, -0.2) is 0 Å². The van der Waals surface area contributed by atoms with Crippen LogP contribution in [-0.2, 0) is 11.3 Å². The Morgan fingerprint density at radius 2 is 2.04 bits per heavy atom. The van der Waals surface area contributed by atoms with E-state index in [1.807, 2.05) is 16.7 Å². The fourth-order valence-corrected chi connectivity index (χ4v) is 4.37. The van der Waals surface area contributed by atoms with E-state index < -0.39 is 0 Å². The number of hydrogen-bond acceptors (Lipinski definition) is 4. The van der Waals surface area contributed by atoms with Crippen LogP contribution in [0.5, 0.6) is 11.5 Å². The molecule has 1 amide bonds. The number of carbonyl (C=O) groups excluding carboxylic acids is 1. The summed E-state index contributed by atoms with van der Waals surface area (Å²) in [6.45, 7) is 0.607. The third-order valence-electron chi connectivity index (χ3n) is 4.59. The Kier molecular flexibility index (Phi) is 4.03. The molecule has 2 heterocycles. The molecule has 0 radical (unpaired) electrons. The van der Waals surface area contributed by atoms with Gasteiger partial charge in [-0.3, -0.25) is 4.79 Å². The van der Waals surface area contributed by atoms with Gasteiger partial charge in [0, 0.05) is 18.1 Å². The number of aromatic nitrogens is 1. The average Bonchev–Trinajstić information content (AvgIpc) is 3.18. The van der Waals surface area contributed by atoms with E-state index in [9.17, 15) is 4.79 Å². The van der Waals surface area contributed by atoms with E-state index in [4.69, 9.17) is 15.9 Å². The minimum atomic E-state index is -0.0212. The molecule has 6 heteroatoms. The Balaban J connectivity index is 1.79. The van der Waals surface area contributed by atoms with E-state index in [-0.39, 0.29) is 18.6 Å². The van der Waals surface area contributed by atoms with Gasteiger partial charge in [0.25, 0.3) is 5.91 Å². The third kappa shape index (κ3) is 2.69. The zero-order valence-electron chi connectivity index (χ0n) is 13.3. The first-order chi connectivity index (χ1) is 11.8. The third-order valence-corrected chi connectivity index (χ3v) is 5.63. The molecule has 0 N–H and O–H groups in total. The number of benzene rings is 1. The molecule has 1 aromatic carbocycles. The van der Waals surface area contributed by atoms with Crippen molar-refractivity contribution in [3.63, 3.8) is 0 Å². The Hall–Kier alpha value is -2.26. The Morgan fingerprint density at radius 1 is 1.29 bits per heavy atom. The average molecular weight is 342 g/mol. The zero-order chi connectivity index (χ0) is 16.5. The topological polar surface area (TPSA) is 52.8 Å². The summed E-state index contributed by atoms with van der Waals surface area (Å²) < 4.78 is 13.8. The maximum atomic E-state index is 12.5. The van der Waals surface area contributed by atoms with Gasteiger partial charge >= 0.3 is 0 Å². The van der Waals surface area contributed by atoms with Gasteiger partial charge in [0.2, 0.25) is 6.79 Å². The normalized spacial score (nSPS) is 18.0. The summed E-state index contributed by atoms with van der Waals surface area (Å²) in [5.74, 6) is 4.11. The van der Waals surface area contributed by atoms with Crippen LogP contribution < -0.4 is 14.3 Å². The van der Waals surface area contributed by atoms with Crippen molar-refractivity contribution in [1.29, 1.82) is 0 Å². The second-order valence-corrected chi connectivity index (χ2v) is 7.14. The number of amides is 1. The van der Waals surface area contributed by atoms with Crippen molar-refractivity contribution in [2.24, 2.45) is 10.9 Å². The number of carbonyl (C=O) groups is 1. The first-order valence-electron chi connectivity index (χ1n) is 8.21. The van der Waals surface area contributed by atoms with Crippen LogP contribution >= 0.6 is 11.3 Å². The maximum absolute atomic E-state index is 12.5. The van der Waals surface area contributed by atoms with E-state index in [0.29, 0.717) is 17.1 Å². The summed E-state index contributed by atoms with van der Waals surface area (Å²) in [6, 6.07) is 3.84. The van der Waals surface area contributed by atoms with Crippen molar-refractivity contribution in [2.75, 3.05) is 6.79 Å². The number of nitrogens with zero attached hydrogens (tertiary/aromatic N) is 2. The number of fused-ring (bicyclic) bond motifs is 2. The summed E-state index contributed by atoms with van der Waals surface area (Å²) in [5, 5.41) is 0. The van der Waals surface area contributed by atoms with Crippen LogP contribution in [0.15, 0.2) is 17.1 Å². The molecule has 124 valence electrons. The van der Waals surface area contributed by atoms with Gasteiger partial charge < -0.3 is 14.0 Å². The summed E-state index contributed by atoms with van der Waals surface area (Å²) >= 11 is 1.47. The Labute approximate surface area is 143 Å². The van der Waals surface area contributed by atoms with Gasteiger partial charge in [0.05, 0.1) is 16.8 Å². The second kappa shape index (κ2) is 6.33. The zero-order valence-corrected chi connectivity index (χ0v) is 14.1. The summed E-state index contributed by atoms with van der Waals surface area (Å²) in [7, 11) is 0. The van der Waals surface area contributed by atoms with Crippen LogP contribution in [0.3, 0.4) is 0 Å². The van der Waals surface area contributed by atoms with Crippen LogP contribution in [0.25, 0.3) is 10.2 Å². The predicted octanol–water partition coefficient (Wildman–Crippen LogP) is 3.07. The van der Waals surface area contributed by atoms with Gasteiger partial charge in [-0.2, -0.15) is 4.99 Å². The van der Waals surface area contributed by atoms with Gasteiger partial charge in [0.15, 0.2) is 16.3 Å². The highest BCUT2D eigenvalue weighted by Gasteiger charge is 2.22. The van der Waals surface area contributed by atoms with Crippen LogP contribution in [0.1, 0.15) is 32.1 Å². The minimum absolute atomic E-state index is 0.0212. The predicted molar refractivity (Wildman–Crippen MR) is 91.9 cm³/mol. The number of hydrogen-bond donors (Lipinski definition) is 0. The van der Waals surface area contributed by atoms with E-state index in [1.54, 1.807) is 0 Å². The summed E-state index contributed by atoms with van der Waals surface area (Å²) in [5.41, 5.74) is 0.928. The van der Waals surface area contributed by atoms with Crippen LogP contribution in [-0.4, -0.2) is 17.3 Å². The molecule has 24 heavy (non-hydrogen) atoms. The SMILES string of the molecule is C#CCn1c(=NC(=O)C2CCCCC2)sc2cc3c(cc21)OCO3. The number of terminal acetylenes is 1. The second-order valence-electron chi connectivity index (χ2n) is 6.13. The van der Waals surface area contributed by atoms with Gasteiger partial charge in [-0.1, -0.05) is 36.5 Å². The molecular weight excluding hydrogens is 324 g/mol. The molecule has 1 aliphatic carbocycles. The Morgan fingerprint density at radius 3 is 2.79 bits per heavy atom. The van der Waals surface area contributed by atoms with Gasteiger partial charge in [-0.15, -0.1) is 6.42 Å². The van der Waals surface area contributed by atoms with Crippen molar-refractivity contribution >= 4 is 27.5 Å². The lowest BCUT2D eigenvalue weighted by molar-refractivity contribution is -0.122. The largest absolute Gasteiger partial charge is 0.454 e. The smallest absolute Gasteiger partial charge is 0.251 e. The monoisotopic (exact) mass is 342 g/mol. The Bertz CT molecular complexity index is 897. The molecule has 0 saturated heterocycles. The first-order valence-corrected chi connectivity index (χ1v) is 9.03. The molecule has 2 aromatic rings. The highest BCUT2D eigenvalue weighted by molar-refractivity contribution is 7.16. The molecule has 1 saturated carbocycles. The van der Waals surface area contributed by atoms with Crippen molar-refractivity contribution in [3.8, 4) is 23.8 Å². The fraction of sp³-hybridized carbons (Fsp3) is 0.444. The lowest BCUT2D eigenvalue weighted by Gasteiger charge is -2.17. The number of rotatable bonds is 2. The van der Waals surface area contributed by atoms with E-state index in [0.717, 1.165) is 41.6 Å². The lowest BCUT2D eigenvalue weighted by atomic mass is 9.89.